The minimum Gasteiger partial charge on any atom is -0.353 e. The molecule has 1 aromatic heterocycles. The van der Waals surface area contributed by atoms with Gasteiger partial charge in [0.15, 0.2) is 11.0 Å². The lowest BCUT2D eigenvalue weighted by Gasteiger charge is -2.22. The van der Waals surface area contributed by atoms with Crippen molar-refractivity contribution in [2.24, 2.45) is 0 Å². The zero-order valence-corrected chi connectivity index (χ0v) is 18.3. The van der Waals surface area contributed by atoms with E-state index in [1.165, 1.54) is 36.6 Å². The first kappa shape index (κ1) is 20.9. The Morgan fingerprint density at radius 2 is 1.82 bits per heavy atom. The number of rotatable bonds is 6. The summed E-state index contributed by atoms with van der Waals surface area (Å²) in [6.07, 6.45) is 5.95. The summed E-state index contributed by atoms with van der Waals surface area (Å²) in [5.41, 5.74) is 2.48. The molecule has 0 aliphatic heterocycles. The summed E-state index contributed by atoms with van der Waals surface area (Å²) >= 11 is 1.47. The first-order chi connectivity index (χ1) is 13.4. The minimum absolute atomic E-state index is 0.0960. The van der Waals surface area contributed by atoms with Gasteiger partial charge in [-0.2, -0.15) is 0 Å². The summed E-state index contributed by atoms with van der Waals surface area (Å²) in [6.45, 7) is 9.50. The fraction of sp³-hybridized carbons (Fsp3) is 0.591. The molecule has 6 heteroatoms. The molecule has 28 heavy (non-hydrogen) atoms. The lowest BCUT2D eigenvalue weighted by Crippen LogP contribution is -2.37. The van der Waals surface area contributed by atoms with E-state index < -0.39 is 0 Å². The molecule has 1 amide bonds. The van der Waals surface area contributed by atoms with Gasteiger partial charge in [-0.15, -0.1) is 10.2 Å². The first-order valence-electron chi connectivity index (χ1n) is 10.3. The van der Waals surface area contributed by atoms with Crippen LogP contribution in [0.5, 0.6) is 0 Å². The molecule has 0 spiro atoms. The Labute approximate surface area is 172 Å². The van der Waals surface area contributed by atoms with Crippen LogP contribution in [0.3, 0.4) is 0 Å². The average Bonchev–Trinajstić information content (AvgIpc) is 3.09. The van der Waals surface area contributed by atoms with Gasteiger partial charge in [0.25, 0.3) is 0 Å². The van der Waals surface area contributed by atoms with Gasteiger partial charge in [0.05, 0.1) is 5.75 Å². The van der Waals surface area contributed by atoms with Gasteiger partial charge in [0.1, 0.15) is 0 Å². The van der Waals surface area contributed by atoms with Crippen molar-refractivity contribution in [2.45, 2.75) is 83.0 Å². The van der Waals surface area contributed by atoms with Crippen LogP contribution >= 0.6 is 11.8 Å². The fourth-order valence-corrected chi connectivity index (χ4v) is 4.47. The number of thioether (sulfide) groups is 1. The zero-order valence-electron chi connectivity index (χ0n) is 17.5. The van der Waals surface area contributed by atoms with Crippen molar-refractivity contribution in [3.8, 4) is 11.4 Å². The Balaban J connectivity index is 1.65. The van der Waals surface area contributed by atoms with Gasteiger partial charge in [-0.05, 0) is 30.7 Å². The topological polar surface area (TPSA) is 59.8 Å². The van der Waals surface area contributed by atoms with Crippen LogP contribution < -0.4 is 5.32 Å². The van der Waals surface area contributed by atoms with Crippen LogP contribution in [0.25, 0.3) is 11.4 Å². The Morgan fingerprint density at radius 3 is 2.43 bits per heavy atom. The van der Waals surface area contributed by atoms with E-state index >= 15 is 0 Å². The molecule has 5 nitrogen and oxygen atoms in total. The van der Waals surface area contributed by atoms with Crippen molar-refractivity contribution in [1.29, 1.82) is 0 Å². The van der Waals surface area contributed by atoms with E-state index in [1.807, 2.05) is 0 Å². The maximum atomic E-state index is 12.3. The highest BCUT2D eigenvalue weighted by atomic mass is 32.2. The van der Waals surface area contributed by atoms with Crippen LogP contribution in [-0.2, 0) is 16.8 Å². The molecule has 0 saturated heterocycles. The van der Waals surface area contributed by atoms with Crippen molar-refractivity contribution in [2.75, 3.05) is 5.75 Å². The molecule has 1 N–H and O–H groups in total. The van der Waals surface area contributed by atoms with Gasteiger partial charge >= 0.3 is 0 Å². The van der Waals surface area contributed by atoms with Crippen LogP contribution in [0.4, 0.5) is 0 Å². The zero-order chi connectivity index (χ0) is 20.1. The highest BCUT2D eigenvalue weighted by Crippen LogP contribution is 2.27. The minimum atomic E-state index is 0.0960. The van der Waals surface area contributed by atoms with Gasteiger partial charge in [-0.3, -0.25) is 4.79 Å². The molecular weight excluding hydrogens is 368 g/mol. The predicted molar refractivity (Wildman–Crippen MR) is 116 cm³/mol. The lowest BCUT2D eigenvalue weighted by atomic mass is 9.87. The number of carbonyl (C=O) groups is 1. The number of nitrogens with one attached hydrogen (secondary N) is 1. The van der Waals surface area contributed by atoms with Crippen molar-refractivity contribution < 1.29 is 4.79 Å². The summed E-state index contributed by atoms with van der Waals surface area (Å²) in [6, 6.07) is 8.90. The number of nitrogens with zero attached hydrogens (tertiary/aromatic N) is 3. The van der Waals surface area contributed by atoms with E-state index in [2.05, 4.69) is 72.0 Å². The number of hydrogen-bond donors (Lipinski definition) is 1. The Morgan fingerprint density at radius 1 is 1.14 bits per heavy atom. The molecule has 0 atom stereocenters. The normalized spacial score (nSPS) is 15.6. The SMILES string of the molecule is CCn1c(SCC(=O)NC2CCCCC2)nnc1-c1ccc(C(C)(C)C)cc1. The molecular formula is C22H32N4OS. The van der Waals surface area contributed by atoms with E-state index in [1.54, 1.807) is 0 Å². The van der Waals surface area contributed by atoms with E-state index in [9.17, 15) is 4.79 Å². The Bertz CT molecular complexity index is 786. The van der Waals surface area contributed by atoms with Crippen LogP contribution in [0.1, 0.15) is 65.4 Å². The quantitative estimate of drug-likeness (QED) is 0.707. The molecule has 3 rings (SSSR count). The monoisotopic (exact) mass is 400 g/mol. The summed E-state index contributed by atoms with van der Waals surface area (Å²) in [4.78, 5) is 12.3. The van der Waals surface area contributed by atoms with E-state index in [4.69, 9.17) is 0 Å². The fourth-order valence-electron chi connectivity index (χ4n) is 3.66. The third-order valence-electron chi connectivity index (χ3n) is 5.34. The first-order valence-corrected chi connectivity index (χ1v) is 11.3. The maximum Gasteiger partial charge on any atom is 0.230 e. The van der Waals surface area contributed by atoms with Crippen molar-refractivity contribution >= 4 is 17.7 Å². The molecule has 2 aromatic rings. The summed E-state index contributed by atoms with van der Waals surface area (Å²) < 4.78 is 2.09. The highest BCUT2D eigenvalue weighted by molar-refractivity contribution is 7.99. The Hall–Kier alpha value is -1.82. The molecule has 152 valence electrons. The molecule has 1 aromatic carbocycles. The predicted octanol–water partition coefficient (Wildman–Crippen LogP) is 4.80. The maximum absolute atomic E-state index is 12.3. The smallest absolute Gasteiger partial charge is 0.230 e. The van der Waals surface area contributed by atoms with Crippen molar-refractivity contribution in [1.82, 2.24) is 20.1 Å². The number of aromatic nitrogens is 3. The second-order valence-electron chi connectivity index (χ2n) is 8.57. The molecule has 1 fully saturated rings. The summed E-state index contributed by atoms with van der Waals surface area (Å²) in [7, 11) is 0. The van der Waals surface area contributed by atoms with Crippen molar-refractivity contribution in [3.05, 3.63) is 29.8 Å². The molecule has 1 heterocycles. The third kappa shape index (κ3) is 5.16. The second-order valence-corrected chi connectivity index (χ2v) is 9.51. The molecule has 0 radical (unpaired) electrons. The lowest BCUT2D eigenvalue weighted by molar-refractivity contribution is -0.119. The van der Waals surface area contributed by atoms with E-state index in [-0.39, 0.29) is 11.3 Å². The third-order valence-corrected chi connectivity index (χ3v) is 6.31. The second kappa shape index (κ2) is 9.12. The van der Waals surface area contributed by atoms with E-state index in [0.717, 1.165) is 35.9 Å². The van der Waals surface area contributed by atoms with Crippen LogP contribution in [0.2, 0.25) is 0 Å². The number of carbonyl (C=O) groups excluding carboxylic acids is 1. The molecule has 1 saturated carbocycles. The van der Waals surface area contributed by atoms with Crippen LogP contribution in [0, 0.1) is 0 Å². The molecule has 1 aliphatic rings. The Kier molecular flexibility index (Phi) is 6.81. The highest BCUT2D eigenvalue weighted by Gasteiger charge is 2.19. The number of amides is 1. The van der Waals surface area contributed by atoms with Crippen LogP contribution in [0.15, 0.2) is 29.4 Å². The van der Waals surface area contributed by atoms with Gasteiger partial charge < -0.3 is 9.88 Å². The standard InChI is InChI=1S/C22H32N4OS/c1-5-26-20(16-11-13-17(14-12-16)22(2,3)4)24-25-21(26)28-15-19(27)23-18-9-7-6-8-10-18/h11-14,18H,5-10,15H2,1-4H3,(H,23,27). The van der Waals surface area contributed by atoms with E-state index in [0.29, 0.717) is 11.8 Å². The molecule has 0 bridgehead atoms. The number of benzene rings is 1. The molecule has 1 aliphatic carbocycles. The molecule has 0 unspecified atom stereocenters. The van der Waals surface area contributed by atoms with Gasteiger partial charge in [0.2, 0.25) is 5.91 Å². The summed E-state index contributed by atoms with van der Waals surface area (Å²) in [5.74, 6) is 1.34. The average molecular weight is 401 g/mol. The largest absolute Gasteiger partial charge is 0.353 e. The summed E-state index contributed by atoms with van der Waals surface area (Å²) in [5, 5.41) is 12.7. The van der Waals surface area contributed by atoms with Gasteiger partial charge in [-0.1, -0.05) is 76.1 Å². The van der Waals surface area contributed by atoms with Gasteiger partial charge in [0, 0.05) is 18.2 Å². The number of hydrogen-bond acceptors (Lipinski definition) is 4. The van der Waals surface area contributed by atoms with Crippen molar-refractivity contribution in [3.63, 3.8) is 0 Å². The van der Waals surface area contributed by atoms with Crippen LogP contribution in [-0.4, -0.2) is 32.5 Å². The van der Waals surface area contributed by atoms with Gasteiger partial charge in [-0.25, -0.2) is 0 Å².